The van der Waals surface area contributed by atoms with Gasteiger partial charge in [0.1, 0.15) is 18.1 Å². The SMILES string of the molecule is CCCC(Oc1ccccc1)C1(O)C=C([S+](C)[O-])C(=O)/C1=C\C=C\C(O)CCCO. The van der Waals surface area contributed by atoms with E-state index in [1.807, 2.05) is 25.1 Å². The normalized spacial score (nSPS) is 23.6. The molecule has 0 aliphatic heterocycles. The lowest BCUT2D eigenvalue weighted by atomic mass is 9.87. The number of hydrogen-bond donors (Lipinski definition) is 3. The first kappa shape index (κ1) is 24.4. The van der Waals surface area contributed by atoms with Crippen molar-refractivity contribution in [1.82, 2.24) is 0 Å². The number of allylic oxidation sites excluding steroid dienone is 3. The van der Waals surface area contributed by atoms with Gasteiger partial charge in [-0.2, -0.15) is 0 Å². The Balaban J connectivity index is 2.38. The Morgan fingerprint density at radius 3 is 2.57 bits per heavy atom. The van der Waals surface area contributed by atoms with E-state index in [0.717, 1.165) is 0 Å². The number of ether oxygens (including phenoxy) is 1. The Bertz CT molecular complexity index is 786. The molecule has 164 valence electrons. The Labute approximate surface area is 180 Å². The summed E-state index contributed by atoms with van der Waals surface area (Å²) in [6.07, 6.45) is 7.65. The second kappa shape index (κ2) is 11.5. The lowest BCUT2D eigenvalue weighted by molar-refractivity contribution is -0.113. The third-order valence-corrected chi connectivity index (χ3v) is 5.80. The van der Waals surface area contributed by atoms with Gasteiger partial charge in [0.15, 0.2) is 10.5 Å². The average molecular weight is 435 g/mol. The van der Waals surface area contributed by atoms with Gasteiger partial charge in [0.2, 0.25) is 5.78 Å². The zero-order valence-electron chi connectivity index (χ0n) is 17.4. The molecule has 2 rings (SSSR count). The van der Waals surface area contributed by atoms with Crippen LogP contribution < -0.4 is 4.74 Å². The van der Waals surface area contributed by atoms with Crippen molar-refractivity contribution >= 4 is 17.0 Å². The molecule has 1 aliphatic carbocycles. The molecule has 1 aromatic carbocycles. The minimum absolute atomic E-state index is 0.0185. The highest BCUT2D eigenvalue weighted by molar-refractivity contribution is 7.95. The number of carbonyl (C=O) groups is 1. The van der Waals surface area contributed by atoms with E-state index in [1.165, 1.54) is 30.6 Å². The van der Waals surface area contributed by atoms with Crippen molar-refractivity contribution in [3.8, 4) is 5.75 Å². The number of aliphatic hydroxyl groups excluding tert-OH is 2. The fourth-order valence-corrected chi connectivity index (χ4v) is 4.03. The topological polar surface area (TPSA) is 110 Å². The van der Waals surface area contributed by atoms with E-state index in [-0.39, 0.29) is 17.1 Å². The van der Waals surface area contributed by atoms with Crippen LogP contribution in [0.4, 0.5) is 0 Å². The molecule has 1 aliphatic rings. The summed E-state index contributed by atoms with van der Waals surface area (Å²) in [5.41, 5.74) is -1.68. The molecule has 0 spiro atoms. The van der Waals surface area contributed by atoms with Crippen LogP contribution in [0.15, 0.2) is 65.1 Å². The van der Waals surface area contributed by atoms with Crippen LogP contribution in [-0.4, -0.2) is 56.3 Å². The van der Waals surface area contributed by atoms with Crippen molar-refractivity contribution in [2.45, 2.75) is 50.4 Å². The second-order valence-electron chi connectivity index (χ2n) is 7.22. The molecular weight excluding hydrogens is 404 g/mol. The zero-order chi connectivity index (χ0) is 22.1. The van der Waals surface area contributed by atoms with Crippen LogP contribution in [-0.2, 0) is 16.0 Å². The smallest absolute Gasteiger partial charge is 0.239 e. The summed E-state index contributed by atoms with van der Waals surface area (Å²) in [5.74, 6) is 0.0659. The Morgan fingerprint density at radius 2 is 1.97 bits per heavy atom. The average Bonchev–Trinajstić information content (AvgIpc) is 2.99. The minimum Gasteiger partial charge on any atom is -0.612 e. The maximum Gasteiger partial charge on any atom is 0.239 e. The van der Waals surface area contributed by atoms with Crippen LogP contribution in [0.3, 0.4) is 0 Å². The van der Waals surface area contributed by atoms with Crippen LogP contribution in [0.5, 0.6) is 5.75 Å². The summed E-state index contributed by atoms with van der Waals surface area (Å²) in [6, 6.07) is 9.03. The predicted molar refractivity (Wildman–Crippen MR) is 117 cm³/mol. The van der Waals surface area contributed by atoms with Gasteiger partial charge in [0.05, 0.1) is 6.10 Å². The molecule has 0 aromatic heterocycles. The van der Waals surface area contributed by atoms with Crippen molar-refractivity contribution < 1.29 is 29.4 Å². The first-order chi connectivity index (χ1) is 14.3. The van der Waals surface area contributed by atoms with Crippen molar-refractivity contribution in [2.24, 2.45) is 0 Å². The summed E-state index contributed by atoms with van der Waals surface area (Å²) < 4.78 is 18.1. The number of carbonyl (C=O) groups excluding carboxylic acids is 1. The number of rotatable bonds is 11. The van der Waals surface area contributed by atoms with Gasteiger partial charge in [0, 0.05) is 18.3 Å². The number of benzene rings is 1. The van der Waals surface area contributed by atoms with Gasteiger partial charge in [-0.15, -0.1) is 0 Å². The first-order valence-corrected chi connectivity index (χ1v) is 11.6. The molecule has 0 amide bonds. The Morgan fingerprint density at radius 1 is 1.27 bits per heavy atom. The van der Waals surface area contributed by atoms with E-state index in [2.05, 4.69) is 0 Å². The van der Waals surface area contributed by atoms with Gasteiger partial charge >= 0.3 is 0 Å². The molecule has 0 bridgehead atoms. The fraction of sp³-hybridized carbons (Fsp3) is 0.435. The van der Waals surface area contributed by atoms with Gasteiger partial charge in [-0.25, -0.2) is 0 Å². The molecule has 0 saturated heterocycles. The highest BCUT2D eigenvalue weighted by Gasteiger charge is 2.51. The van der Waals surface area contributed by atoms with Crippen LogP contribution in [0, 0.1) is 0 Å². The molecule has 0 saturated carbocycles. The molecule has 1 aromatic rings. The van der Waals surface area contributed by atoms with E-state index in [1.54, 1.807) is 12.1 Å². The van der Waals surface area contributed by atoms with Crippen LogP contribution in [0.1, 0.15) is 32.6 Å². The number of para-hydroxylation sites is 1. The summed E-state index contributed by atoms with van der Waals surface area (Å²) in [6.45, 7) is 1.93. The standard InChI is InChI=1S/C23H30O6S/c1-3-9-21(29-18-12-5-4-6-13-18)23(27)16-20(30(2)28)22(26)19(23)14-7-10-17(25)11-8-15-24/h4-7,10,12-14,16-17,21,24-25,27H,3,8-9,11,15H2,1-2H3/b10-7+,19-14+. The van der Waals surface area contributed by atoms with Crippen molar-refractivity contribution in [2.75, 3.05) is 12.9 Å². The molecule has 3 N–H and O–H groups in total. The van der Waals surface area contributed by atoms with E-state index in [9.17, 15) is 19.6 Å². The zero-order valence-corrected chi connectivity index (χ0v) is 18.2. The van der Waals surface area contributed by atoms with Crippen LogP contribution in [0.25, 0.3) is 0 Å². The maximum atomic E-state index is 12.9. The Kier molecular flexibility index (Phi) is 9.33. The van der Waals surface area contributed by atoms with Crippen molar-refractivity contribution in [3.63, 3.8) is 0 Å². The summed E-state index contributed by atoms with van der Waals surface area (Å²) in [7, 11) is 0. The number of Topliss-reactive ketones (excluding diaryl/α,β-unsaturated/α-hetero) is 1. The molecule has 4 unspecified atom stereocenters. The van der Waals surface area contributed by atoms with Crippen molar-refractivity contribution in [3.05, 3.63) is 65.1 Å². The first-order valence-electron chi connectivity index (χ1n) is 10.1. The second-order valence-corrected chi connectivity index (χ2v) is 8.57. The highest BCUT2D eigenvalue weighted by Crippen LogP contribution is 2.39. The molecule has 6 nitrogen and oxygen atoms in total. The number of hydrogen-bond acceptors (Lipinski definition) is 6. The lowest BCUT2D eigenvalue weighted by Crippen LogP contribution is -2.45. The molecule has 0 fully saturated rings. The summed E-state index contributed by atoms with van der Waals surface area (Å²) >= 11 is -1.57. The van der Waals surface area contributed by atoms with E-state index in [4.69, 9.17) is 9.84 Å². The molecular formula is C23H30O6S. The van der Waals surface area contributed by atoms with Crippen LogP contribution >= 0.6 is 0 Å². The fourth-order valence-electron chi connectivity index (χ4n) is 3.32. The molecule has 0 heterocycles. The molecule has 0 radical (unpaired) electrons. The third-order valence-electron chi connectivity index (χ3n) is 4.88. The van der Waals surface area contributed by atoms with Gasteiger partial charge in [-0.05, 0) is 42.6 Å². The molecule has 4 atom stereocenters. The van der Waals surface area contributed by atoms with Gasteiger partial charge < -0.3 is 24.6 Å². The quantitative estimate of drug-likeness (QED) is 0.364. The van der Waals surface area contributed by atoms with E-state index >= 15 is 0 Å². The minimum atomic E-state index is -1.75. The monoisotopic (exact) mass is 434 g/mol. The van der Waals surface area contributed by atoms with Gasteiger partial charge in [-0.1, -0.05) is 49.8 Å². The maximum absolute atomic E-state index is 12.9. The van der Waals surface area contributed by atoms with E-state index in [0.29, 0.717) is 31.4 Å². The summed E-state index contributed by atoms with van der Waals surface area (Å²) in [4.78, 5) is 12.9. The third kappa shape index (κ3) is 6.06. The van der Waals surface area contributed by atoms with Gasteiger partial charge in [-0.3, -0.25) is 4.79 Å². The Hall–Kier alpha value is -1.90. The highest BCUT2D eigenvalue weighted by atomic mass is 32.2. The molecule has 7 heteroatoms. The van der Waals surface area contributed by atoms with Gasteiger partial charge in [0.25, 0.3) is 0 Å². The number of ketones is 1. The lowest BCUT2D eigenvalue weighted by Gasteiger charge is -2.32. The van der Waals surface area contributed by atoms with Crippen LogP contribution in [0.2, 0.25) is 0 Å². The molecule has 30 heavy (non-hydrogen) atoms. The number of aliphatic hydroxyl groups is 3. The predicted octanol–water partition coefficient (Wildman–Crippen LogP) is 2.43. The van der Waals surface area contributed by atoms with E-state index < -0.39 is 34.8 Å². The summed E-state index contributed by atoms with van der Waals surface area (Å²) in [5, 5.41) is 30.3. The largest absolute Gasteiger partial charge is 0.612 e. The van der Waals surface area contributed by atoms with Crippen molar-refractivity contribution in [1.29, 1.82) is 0 Å².